The van der Waals surface area contributed by atoms with Gasteiger partial charge in [0.05, 0.1) is 0 Å². The summed E-state index contributed by atoms with van der Waals surface area (Å²) in [6, 6.07) is 0. The SMILES string of the molecule is CC(F)C1CC2C=CC1(Br)C(=O)O2. The zero-order valence-corrected chi connectivity index (χ0v) is 8.75. The molecule has 3 rings (SSSR count). The number of carbonyl (C=O) groups excluding carboxylic acids is 1. The monoisotopic (exact) mass is 248 g/mol. The van der Waals surface area contributed by atoms with Crippen molar-refractivity contribution in [2.45, 2.75) is 29.9 Å². The Balaban J connectivity index is 2.36. The minimum Gasteiger partial charge on any atom is -0.457 e. The van der Waals surface area contributed by atoms with E-state index in [1.165, 1.54) is 6.92 Å². The molecule has 1 saturated heterocycles. The molecule has 1 aliphatic carbocycles. The van der Waals surface area contributed by atoms with Crippen molar-refractivity contribution >= 4 is 21.9 Å². The van der Waals surface area contributed by atoms with Crippen molar-refractivity contribution in [2.75, 3.05) is 0 Å². The van der Waals surface area contributed by atoms with Crippen molar-refractivity contribution in [3.05, 3.63) is 12.2 Å². The van der Waals surface area contributed by atoms with Crippen LogP contribution in [0.2, 0.25) is 0 Å². The molecule has 1 fully saturated rings. The van der Waals surface area contributed by atoms with Gasteiger partial charge in [0.1, 0.15) is 16.6 Å². The summed E-state index contributed by atoms with van der Waals surface area (Å²) in [5.74, 6) is -0.663. The van der Waals surface area contributed by atoms with Crippen LogP contribution in [0.25, 0.3) is 0 Å². The maximum absolute atomic E-state index is 13.2. The summed E-state index contributed by atoms with van der Waals surface area (Å²) in [5, 5.41) is 0. The number of carbonyl (C=O) groups is 1. The summed E-state index contributed by atoms with van der Waals surface area (Å²) >= 11 is 3.26. The van der Waals surface area contributed by atoms with Crippen molar-refractivity contribution in [3.63, 3.8) is 0 Å². The van der Waals surface area contributed by atoms with Gasteiger partial charge in [0.2, 0.25) is 0 Å². The van der Waals surface area contributed by atoms with Crippen LogP contribution in [-0.2, 0) is 9.53 Å². The molecule has 4 unspecified atom stereocenters. The molecular weight excluding hydrogens is 239 g/mol. The first-order valence-electron chi connectivity index (χ1n) is 4.27. The number of esters is 1. The number of alkyl halides is 2. The Hall–Kier alpha value is -0.380. The van der Waals surface area contributed by atoms with Gasteiger partial charge in [-0.3, -0.25) is 4.79 Å². The Labute approximate surface area is 84.3 Å². The average Bonchev–Trinajstić information content (AvgIpc) is 2.06. The number of fused-ring (bicyclic) bond motifs is 2. The van der Waals surface area contributed by atoms with Crippen molar-refractivity contribution in [1.82, 2.24) is 0 Å². The van der Waals surface area contributed by atoms with Crippen molar-refractivity contribution < 1.29 is 13.9 Å². The van der Waals surface area contributed by atoms with Crippen LogP contribution >= 0.6 is 15.9 Å². The van der Waals surface area contributed by atoms with Gasteiger partial charge in [-0.05, 0) is 19.4 Å². The summed E-state index contributed by atoms with van der Waals surface area (Å²) in [6.07, 6.45) is 2.88. The Morgan fingerprint density at radius 1 is 1.85 bits per heavy atom. The fourth-order valence-electron chi connectivity index (χ4n) is 1.93. The second-order valence-electron chi connectivity index (χ2n) is 3.59. The average molecular weight is 249 g/mol. The smallest absolute Gasteiger partial charge is 0.327 e. The van der Waals surface area contributed by atoms with Gasteiger partial charge in [0.25, 0.3) is 0 Å². The van der Waals surface area contributed by atoms with Crippen molar-refractivity contribution in [2.24, 2.45) is 5.92 Å². The zero-order valence-electron chi connectivity index (χ0n) is 7.17. The second kappa shape index (κ2) is 2.80. The predicted octanol–water partition coefficient (Wildman–Crippen LogP) is 1.98. The Morgan fingerprint density at radius 2 is 2.54 bits per heavy atom. The number of ether oxygens (including phenoxy) is 1. The second-order valence-corrected chi connectivity index (χ2v) is 4.90. The summed E-state index contributed by atoms with van der Waals surface area (Å²) in [4.78, 5) is 11.4. The fraction of sp³-hybridized carbons (Fsp3) is 0.667. The summed E-state index contributed by atoms with van der Waals surface area (Å²) in [6.45, 7) is 1.48. The molecule has 0 aromatic heterocycles. The fourth-order valence-corrected chi connectivity index (χ4v) is 2.72. The molecule has 0 N–H and O–H groups in total. The van der Waals surface area contributed by atoms with E-state index in [4.69, 9.17) is 4.74 Å². The number of rotatable bonds is 1. The van der Waals surface area contributed by atoms with Crippen molar-refractivity contribution in [3.8, 4) is 0 Å². The number of hydrogen-bond acceptors (Lipinski definition) is 2. The van der Waals surface area contributed by atoms with Crippen LogP contribution in [0.5, 0.6) is 0 Å². The lowest BCUT2D eigenvalue weighted by atomic mass is 9.77. The molecular formula is C9H10BrFO2. The van der Waals surface area contributed by atoms with Crippen LogP contribution < -0.4 is 0 Å². The van der Waals surface area contributed by atoms with Crippen LogP contribution in [-0.4, -0.2) is 22.6 Å². The van der Waals surface area contributed by atoms with E-state index in [1.54, 1.807) is 6.08 Å². The first-order valence-corrected chi connectivity index (χ1v) is 5.07. The maximum Gasteiger partial charge on any atom is 0.327 e. The minimum absolute atomic E-state index is 0.227. The lowest BCUT2D eigenvalue weighted by molar-refractivity contribution is -0.159. The van der Waals surface area contributed by atoms with Gasteiger partial charge in [-0.15, -0.1) is 0 Å². The molecule has 2 nitrogen and oxygen atoms in total. The molecule has 13 heavy (non-hydrogen) atoms. The van der Waals surface area contributed by atoms with Gasteiger partial charge in [0, 0.05) is 5.92 Å². The number of hydrogen-bond donors (Lipinski definition) is 0. The first kappa shape index (κ1) is 9.19. The van der Waals surface area contributed by atoms with Gasteiger partial charge < -0.3 is 4.74 Å². The molecule has 0 radical (unpaired) electrons. The molecule has 2 aliphatic heterocycles. The van der Waals surface area contributed by atoms with Gasteiger partial charge in [-0.25, -0.2) is 4.39 Å². The van der Waals surface area contributed by atoms with Gasteiger partial charge >= 0.3 is 5.97 Å². The highest BCUT2D eigenvalue weighted by molar-refractivity contribution is 9.10. The highest BCUT2D eigenvalue weighted by Crippen LogP contribution is 2.45. The molecule has 4 heteroatoms. The first-order chi connectivity index (χ1) is 6.04. The molecule has 0 aromatic carbocycles. The van der Waals surface area contributed by atoms with Crippen LogP contribution in [0, 0.1) is 5.92 Å². The molecule has 0 amide bonds. The molecule has 0 aromatic rings. The zero-order chi connectivity index (χ0) is 9.64. The Morgan fingerprint density at radius 3 is 3.00 bits per heavy atom. The van der Waals surface area contributed by atoms with Crippen LogP contribution in [0.3, 0.4) is 0 Å². The maximum atomic E-state index is 13.2. The third-order valence-electron chi connectivity index (χ3n) is 2.71. The number of halogens is 2. The van der Waals surface area contributed by atoms with E-state index in [0.717, 1.165) is 0 Å². The standard InChI is InChI=1S/C9H10BrFO2/c1-5(11)7-4-6-2-3-9(7,10)8(12)13-6/h2-3,5-7H,4H2,1H3. The van der Waals surface area contributed by atoms with Crippen LogP contribution in [0.15, 0.2) is 12.2 Å². The van der Waals surface area contributed by atoms with E-state index in [2.05, 4.69) is 15.9 Å². The van der Waals surface area contributed by atoms with Gasteiger partial charge in [0.15, 0.2) is 0 Å². The summed E-state index contributed by atoms with van der Waals surface area (Å²) in [7, 11) is 0. The summed E-state index contributed by atoms with van der Waals surface area (Å²) < 4.78 is 17.3. The predicted molar refractivity (Wildman–Crippen MR) is 49.4 cm³/mol. The molecule has 0 spiro atoms. The van der Waals surface area contributed by atoms with E-state index in [-0.39, 0.29) is 18.0 Å². The molecule has 4 atom stereocenters. The van der Waals surface area contributed by atoms with Gasteiger partial charge in [-0.2, -0.15) is 0 Å². The normalized spacial score (nSPS) is 44.7. The Bertz CT molecular complexity index is 277. The van der Waals surface area contributed by atoms with Crippen molar-refractivity contribution in [1.29, 1.82) is 0 Å². The van der Waals surface area contributed by atoms with E-state index < -0.39 is 10.5 Å². The molecule has 0 saturated carbocycles. The highest BCUT2D eigenvalue weighted by atomic mass is 79.9. The van der Waals surface area contributed by atoms with E-state index >= 15 is 0 Å². The molecule has 2 heterocycles. The molecule has 72 valence electrons. The van der Waals surface area contributed by atoms with Crippen LogP contribution in [0.4, 0.5) is 4.39 Å². The van der Waals surface area contributed by atoms with Gasteiger partial charge in [-0.1, -0.05) is 22.0 Å². The highest BCUT2D eigenvalue weighted by Gasteiger charge is 2.53. The topological polar surface area (TPSA) is 26.3 Å². The van der Waals surface area contributed by atoms with E-state index in [1.807, 2.05) is 6.08 Å². The third kappa shape index (κ3) is 1.23. The largest absolute Gasteiger partial charge is 0.457 e. The van der Waals surface area contributed by atoms with E-state index in [9.17, 15) is 9.18 Å². The summed E-state index contributed by atoms with van der Waals surface area (Å²) in [5.41, 5.74) is 0. The van der Waals surface area contributed by atoms with Crippen LogP contribution in [0.1, 0.15) is 13.3 Å². The molecule has 3 aliphatic rings. The lowest BCUT2D eigenvalue weighted by Gasteiger charge is -2.43. The Kier molecular flexibility index (Phi) is 1.98. The molecule has 2 bridgehead atoms. The third-order valence-corrected chi connectivity index (χ3v) is 3.88. The lowest BCUT2D eigenvalue weighted by Crippen LogP contribution is -2.53. The minimum atomic E-state index is -1.00. The van der Waals surface area contributed by atoms with E-state index in [0.29, 0.717) is 6.42 Å². The quantitative estimate of drug-likeness (QED) is 0.403.